The van der Waals surface area contributed by atoms with Crippen molar-refractivity contribution in [2.24, 2.45) is 5.73 Å². The molecule has 0 spiro atoms. The first-order valence-corrected chi connectivity index (χ1v) is 2.90. The lowest BCUT2D eigenvalue weighted by Gasteiger charge is -1.80. The van der Waals surface area contributed by atoms with Crippen molar-refractivity contribution in [1.82, 2.24) is 5.32 Å². The second-order valence-corrected chi connectivity index (χ2v) is 1.69. The highest BCUT2D eigenvalue weighted by Crippen LogP contribution is 1.93. The summed E-state index contributed by atoms with van der Waals surface area (Å²) >= 11 is 0. The summed E-state index contributed by atoms with van der Waals surface area (Å²) in [6, 6.07) is 0. The van der Waals surface area contributed by atoms with E-state index >= 15 is 0 Å². The van der Waals surface area contributed by atoms with Gasteiger partial charge in [-0.1, -0.05) is 6.58 Å². The molecule has 3 heteroatoms. The number of carbonyl (C=O) groups is 1. The Morgan fingerprint density at radius 2 is 2.33 bits per heavy atom. The standard InChI is InChI=1S/C4H7NO.C2H5N/c6-4-2-1-3-5-4;1-2-3/h1-3H2,(H,5,6);2H,1,3H2. The van der Waals surface area contributed by atoms with E-state index in [0.717, 1.165) is 19.4 Å². The third kappa shape index (κ3) is 4.87. The Balaban J connectivity index is 0.000000187. The van der Waals surface area contributed by atoms with Crippen LogP contribution in [0.15, 0.2) is 12.8 Å². The van der Waals surface area contributed by atoms with Crippen LogP contribution >= 0.6 is 0 Å². The van der Waals surface area contributed by atoms with E-state index in [1.54, 1.807) is 0 Å². The SMILES string of the molecule is C=CN.O=C1CCCN1. The lowest BCUT2D eigenvalue weighted by atomic mass is 10.4. The highest BCUT2D eigenvalue weighted by molar-refractivity contribution is 5.77. The highest BCUT2D eigenvalue weighted by atomic mass is 16.1. The Kier molecular flexibility index (Phi) is 4.59. The molecule has 0 saturated carbocycles. The molecule has 0 aliphatic carbocycles. The van der Waals surface area contributed by atoms with Crippen LogP contribution in [0.4, 0.5) is 0 Å². The third-order valence-corrected chi connectivity index (χ3v) is 0.903. The molecule has 1 saturated heterocycles. The molecule has 0 atom stereocenters. The summed E-state index contributed by atoms with van der Waals surface area (Å²) in [6.07, 6.45) is 3.01. The number of amides is 1. The molecule has 0 unspecified atom stereocenters. The topological polar surface area (TPSA) is 55.1 Å². The van der Waals surface area contributed by atoms with Crippen LogP contribution in [0.2, 0.25) is 0 Å². The number of hydrogen-bond donors (Lipinski definition) is 2. The summed E-state index contributed by atoms with van der Waals surface area (Å²) in [5.41, 5.74) is 4.61. The molecule has 52 valence electrons. The molecule has 0 bridgehead atoms. The summed E-state index contributed by atoms with van der Waals surface area (Å²) in [6.45, 7) is 4.03. The second-order valence-electron chi connectivity index (χ2n) is 1.69. The van der Waals surface area contributed by atoms with Gasteiger partial charge >= 0.3 is 0 Å². The Morgan fingerprint density at radius 3 is 2.44 bits per heavy atom. The molecule has 1 aliphatic rings. The summed E-state index contributed by atoms with van der Waals surface area (Å²) in [4.78, 5) is 10.1. The van der Waals surface area contributed by atoms with Gasteiger partial charge in [-0.15, -0.1) is 0 Å². The van der Waals surface area contributed by atoms with E-state index in [-0.39, 0.29) is 5.91 Å². The maximum absolute atomic E-state index is 10.1. The normalized spacial score (nSPS) is 15.3. The van der Waals surface area contributed by atoms with Gasteiger partial charge in [0.15, 0.2) is 0 Å². The van der Waals surface area contributed by atoms with Gasteiger partial charge in [-0.05, 0) is 12.6 Å². The summed E-state index contributed by atoms with van der Waals surface area (Å²) in [5.74, 6) is 0.204. The zero-order valence-corrected chi connectivity index (χ0v) is 5.39. The smallest absolute Gasteiger partial charge is 0.220 e. The number of nitrogens with two attached hydrogens (primary N) is 1. The fraction of sp³-hybridized carbons (Fsp3) is 0.500. The van der Waals surface area contributed by atoms with Crippen LogP contribution < -0.4 is 11.1 Å². The van der Waals surface area contributed by atoms with Gasteiger partial charge in [0.25, 0.3) is 0 Å². The molecule has 0 aromatic heterocycles. The minimum absolute atomic E-state index is 0.204. The van der Waals surface area contributed by atoms with Crippen LogP contribution in [0.25, 0.3) is 0 Å². The van der Waals surface area contributed by atoms with Crippen molar-refractivity contribution in [2.45, 2.75) is 12.8 Å². The van der Waals surface area contributed by atoms with Crippen molar-refractivity contribution < 1.29 is 4.79 Å². The van der Waals surface area contributed by atoms with Gasteiger partial charge in [0, 0.05) is 13.0 Å². The molecule has 1 aliphatic heterocycles. The van der Waals surface area contributed by atoms with Crippen molar-refractivity contribution in [1.29, 1.82) is 0 Å². The average molecular weight is 128 g/mol. The van der Waals surface area contributed by atoms with Crippen molar-refractivity contribution in [2.75, 3.05) is 6.54 Å². The first-order chi connectivity index (χ1) is 4.31. The van der Waals surface area contributed by atoms with Crippen LogP contribution in [0, 0.1) is 0 Å². The fourth-order valence-electron chi connectivity index (χ4n) is 0.565. The lowest BCUT2D eigenvalue weighted by molar-refractivity contribution is -0.119. The predicted octanol–water partition coefficient (Wildman–Crippen LogP) is -0.0150. The van der Waals surface area contributed by atoms with Gasteiger partial charge in [0.1, 0.15) is 0 Å². The zero-order chi connectivity index (χ0) is 7.11. The number of rotatable bonds is 0. The first kappa shape index (κ1) is 8.01. The summed E-state index contributed by atoms with van der Waals surface area (Å²) in [5, 5.41) is 2.68. The van der Waals surface area contributed by atoms with Gasteiger partial charge < -0.3 is 11.1 Å². The molecule has 0 radical (unpaired) electrons. The van der Waals surface area contributed by atoms with Crippen LogP contribution in [-0.2, 0) is 4.79 Å². The Labute approximate surface area is 54.9 Å². The zero-order valence-electron chi connectivity index (χ0n) is 5.39. The van der Waals surface area contributed by atoms with Crippen molar-refractivity contribution in [3.05, 3.63) is 12.8 Å². The van der Waals surface area contributed by atoms with Gasteiger partial charge in [-0.25, -0.2) is 0 Å². The van der Waals surface area contributed by atoms with E-state index in [1.165, 1.54) is 6.20 Å². The van der Waals surface area contributed by atoms with Crippen molar-refractivity contribution in [3.8, 4) is 0 Å². The van der Waals surface area contributed by atoms with Crippen LogP contribution in [0.3, 0.4) is 0 Å². The minimum Gasteiger partial charge on any atom is -0.405 e. The predicted molar refractivity (Wildman–Crippen MR) is 36.6 cm³/mol. The monoisotopic (exact) mass is 128 g/mol. The van der Waals surface area contributed by atoms with E-state index in [2.05, 4.69) is 17.6 Å². The molecular weight excluding hydrogens is 116 g/mol. The number of nitrogens with one attached hydrogen (secondary N) is 1. The molecule has 1 amide bonds. The molecule has 3 N–H and O–H groups in total. The minimum atomic E-state index is 0.204. The first-order valence-electron chi connectivity index (χ1n) is 2.90. The molecule has 1 rings (SSSR count). The number of carbonyl (C=O) groups excluding carboxylic acids is 1. The molecular formula is C6H12N2O. The quantitative estimate of drug-likeness (QED) is 0.482. The van der Waals surface area contributed by atoms with E-state index in [9.17, 15) is 4.79 Å². The highest BCUT2D eigenvalue weighted by Gasteiger charge is 2.05. The summed E-state index contributed by atoms with van der Waals surface area (Å²) in [7, 11) is 0. The van der Waals surface area contributed by atoms with Crippen molar-refractivity contribution in [3.63, 3.8) is 0 Å². The van der Waals surface area contributed by atoms with Crippen LogP contribution in [0.5, 0.6) is 0 Å². The van der Waals surface area contributed by atoms with E-state index in [0.29, 0.717) is 0 Å². The molecule has 3 nitrogen and oxygen atoms in total. The lowest BCUT2D eigenvalue weighted by Crippen LogP contribution is -2.12. The Hall–Kier alpha value is -0.990. The molecule has 9 heavy (non-hydrogen) atoms. The maximum atomic E-state index is 10.1. The van der Waals surface area contributed by atoms with E-state index < -0.39 is 0 Å². The molecule has 1 fully saturated rings. The van der Waals surface area contributed by atoms with Crippen molar-refractivity contribution >= 4 is 5.91 Å². The van der Waals surface area contributed by atoms with Gasteiger partial charge in [-0.2, -0.15) is 0 Å². The second kappa shape index (κ2) is 5.15. The average Bonchev–Trinajstić information content (AvgIpc) is 2.20. The molecule has 1 heterocycles. The van der Waals surface area contributed by atoms with Gasteiger partial charge in [0.05, 0.1) is 0 Å². The largest absolute Gasteiger partial charge is 0.405 e. The fourth-order valence-corrected chi connectivity index (χ4v) is 0.565. The van der Waals surface area contributed by atoms with Gasteiger partial charge in [0.2, 0.25) is 5.91 Å². The Morgan fingerprint density at radius 1 is 1.78 bits per heavy atom. The van der Waals surface area contributed by atoms with Crippen LogP contribution in [0.1, 0.15) is 12.8 Å². The maximum Gasteiger partial charge on any atom is 0.220 e. The van der Waals surface area contributed by atoms with Crippen LogP contribution in [-0.4, -0.2) is 12.5 Å². The molecule has 0 aromatic carbocycles. The Bertz CT molecular complexity index is 93.2. The van der Waals surface area contributed by atoms with E-state index in [1.807, 2.05) is 0 Å². The third-order valence-electron chi connectivity index (χ3n) is 0.903. The van der Waals surface area contributed by atoms with Gasteiger partial charge in [-0.3, -0.25) is 4.79 Å². The number of hydrogen-bond acceptors (Lipinski definition) is 2. The molecule has 0 aromatic rings. The van der Waals surface area contributed by atoms with E-state index in [4.69, 9.17) is 0 Å². The summed E-state index contributed by atoms with van der Waals surface area (Å²) < 4.78 is 0.